The Kier molecular flexibility index (Phi) is 4.69. The van der Waals surface area contributed by atoms with Crippen molar-refractivity contribution in [3.63, 3.8) is 0 Å². The summed E-state index contributed by atoms with van der Waals surface area (Å²) in [5.41, 5.74) is 2.50. The molecule has 5 heteroatoms. The highest BCUT2D eigenvalue weighted by Crippen LogP contribution is 2.32. The quantitative estimate of drug-likeness (QED) is 0.774. The first-order chi connectivity index (χ1) is 9.06. The molecule has 0 amide bonds. The molecule has 0 radical (unpaired) electrons. The maximum absolute atomic E-state index is 11.9. The van der Waals surface area contributed by atoms with E-state index in [1.54, 1.807) is 0 Å². The van der Waals surface area contributed by atoms with Crippen LogP contribution in [0, 0.1) is 0 Å². The van der Waals surface area contributed by atoms with Gasteiger partial charge in [0.15, 0.2) is 0 Å². The molecule has 2 rings (SSSR count). The van der Waals surface area contributed by atoms with Crippen LogP contribution < -0.4 is 10.6 Å². The Morgan fingerprint density at radius 1 is 1.21 bits per heavy atom. The van der Waals surface area contributed by atoms with E-state index in [-0.39, 0.29) is 6.42 Å². The third kappa shape index (κ3) is 4.42. The number of fused-ring (bicyclic) bond motifs is 1. The third-order valence-corrected chi connectivity index (χ3v) is 3.42. The van der Waals surface area contributed by atoms with Gasteiger partial charge in [-0.25, -0.2) is 0 Å². The van der Waals surface area contributed by atoms with E-state index in [1.807, 2.05) is 12.1 Å². The number of hydrogen-bond acceptors (Lipinski definition) is 2. The summed E-state index contributed by atoms with van der Waals surface area (Å²) < 4.78 is 35.8. The molecule has 0 saturated heterocycles. The summed E-state index contributed by atoms with van der Waals surface area (Å²) >= 11 is 0. The van der Waals surface area contributed by atoms with Gasteiger partial charge < -0.3 is 10.6 Å². The van der Waals surface area contributed by atoms with Gasteiger partial charge >= 0.3 is 6.18 Å². The molecule has 0 saturated carbocycles. The summed E-state index contributed by atoms with van der Waals surface area (Å²) in [6.07, 6.45) is -3.62. The van der Waals surface area contributed by atoms with Gasteiger partial charge in [-0.15, -0.1) is 0 Å². The zero-order chi connectivity index (χ0) is 13.7. The van der Waals surface area contributed by atoms with Crippen LogP contribution in [0.3, 0.4) is 0 Å². The van der Waals surface area contributed by atoms with E-state index in [2.05, 4.69) is 22.8 Å². The largest absolute Gasteiger partial charge is 0.389 e. The van der Waals surface area contributed by atoms with Gasteiger partial charge in [0.25, 0.3) is 0 Å². The van der Waals surface area contributed by atoms with Crippen molar-refractivity contribution in [1.29, 1.82) is 0 Å². The van der Waals surface area contributed by atoms with Gasteiger partial charge in [-0.3, -0.25) is 0 Å². The standard InChI is InChI=1S/C14H19F3N2/c15-14(16,17)7-3-8-18-9-6-11-10-19-13-5-2-1-4-12(11)13/h1-2,4-5,11,18-19H,3,6-10H2. The Morgan fingerprint density at radius 3 is 2.79 bits per heavy atom. The first-order valence-corrected chi connectivity index (χ1v) is 6.66. The number of halogens is 3. The van der Waals surface area contributed by atoms with Gasteiger partial charge in [0, 0.05) is 24.6 Å². The van der Waals surface area contributed by atoms with Crippen LogP contribution in [-0.4, -0.2) is 25.8 Å². The Balaban J connectivity index is 1.63. The fourth-order valence-corrected chi connectivity index (χ4v) is 2.43. The van der Waals surface area contributed by atoms with Crippen LogP contribution in [0.25, 0.3) is 0 Å². The second-order valence-electron chi connectivity index (χ2n) is 4.92. The number of anilines is 1. The fraction of sp³-hybridized carbons (Fsp3) is 0.571. The highest BCUT2D eigenvalue weighted by atomic mass is 19.4. The number of hydrogen-bond donors (Lipinski definition) is 2. The molecule has 19 heavy (non-hydrogen) atoms. The van der Waals surface area contributed by atoms with Crippen molar-refractivity contribution in [1.82, 2.24) is 5.32 Å². The summed E-state index contributed by atoms with van der Waals surface area (Å²) in [7, 11) is 0. The molecule has 1 unspecified atom stereocenters. The number of rotatable bonds is 6. The molecule has 1 aliphatic rings. The van der Waals surface area contributed by atoms with Gasteiger partial charge in [-0.2, -0.15) is 13.2 Å². The molecule has 1 heterocycles. The number of para-hydroxylation sites is 1. The second kappa shape index (κ2) is 6.28. The average Bonchev–Trinajstić information content (AvgIpc) is 2.76. The fourth-order valence-electron chi connectivity index (χ4n) is 2.43. The van der Waals surface area contributed by atoms with E-state index < -0.39 is 12.6 Å². The average molecular weight is 272 g/mol. The normalized spacial score (nSPS) is 18.2. The molecule has 106 valence electrons. The molecule has 1 aromatic carbocycles. The molecule has 1 aliphatic heterocycles. The molecule has 0 spiro atoms. The van der Waals surface area contributed by atoms with Gasteiger partial charge in [-0.05, 0) is 37.6 Å². The van der Waals surface area contributed by atoms with Crippen LogP contribution in [0.15, 0.2) is 24.3 Å². The Labute approximate surface area is 111 Å². The highest BCUT2D eigenvalue weighted by molar-refractivity contribution is 5.57. The molecule has 1 aromatic rings. The Morgan fingerprint density at radius 2 is 2.00 bits per heavy atom. The van der Waals surface area contributed by atoms with Crippen LogP contribution in [0.1, 0.15) is 30.7 Å². The minimum Gasteiger partial charge on any atom is -0.384 e. The van der Waals surface area contributed by atoms with Crippen LogP contribution in [0.2, 0.25) is 0 Å². The predicted octanol–water partition coefficient (Wildman–Crippen LogP) is 3.52. The van der Waals surface area contributed by atoms with Gasteiger partial charge in [0.1, 0.15) is 0 Å². The van der Waals surface area contributed by atoms with E-state index in [0.717, 1.165) is 19.5 Å². The molecular formula is C14H19F3N2. The molecule has 2 nitrogen and oxygen atoms in total. The molecular weight excluding hydrogens is 253 g/mol. The third-order valence-electron chi connectivity index (χ3n) is 3.42. The maximum Gasteiger partial charge on any atom is 0.389 e. The highest BCUT2D eigenvalue weighted by Gasteiger charge is 2.26. The SMILES string of the molecule is FC(F)(F)CCCNCCC1CNc2ccccc21. The summed E-state index contributed by atoms with van der Waals surface area (Å²) in [6, 6.07) is 8.20. The van der Waals surface area contributed by atoms with Crippen molar-refractivity contribution >= 4 is 5.69 Å². The topological polar surface area (TPSA) is 24.1 Å². The van der Waals surface area contributed by atoms with Crippen LogP contribution in [0.4, 0.5) is 18.9 Å². The number of alkyl halides is 3. The predicted molar refractivity (Wildman–Crippen MR) is 70.4 cm³/mol. The lowest BCUT2D eigenvalue weighted by Crippen LogP contribution is -2.21. The van der Waals surface area contributed by atoms with Crippen molar-refractivity contribution in [2.75, 3.05) is 25.0 Å². The van der Waals surface area contributed by atoms with Crippen molar-refractivity contribution < 1.29 is 13.2 Å². The first-order valence-electron chi connectivity index (χ1n) is 6.66. The minimum atomic E-state index is -4.03. The van der Waals surface area contributed by atoms with Crippen molar-refractivity contribution in [2.24, 2.45) is 0 Å². The summed E-state index contributed by atoms with van der Waals surface area (Å²) in [5, 5.41) is 6.43. The maximum atomic E-state index is 11.9. The molecule has 0 fully saturated rings. The Hall–Kier alpha value is -1.23. The smallest absolute Gasteiger partial charge is 0.384 e. The second-order valence-corrected chi connectivity index (χ2v) is 4.92. The lowest BCUT2D eigenvalue weighted by Gasteiger charge is -2.11. The molecule has 0 bridgehead atoms. The lowest BCUT2D eigenvalue weighted by molar-refractivity contribution is -0.135. The zero-order valence-electron chi connectivity index (χ0n) is 10.8. The zero-order valence-corrected chi connectivity index (χ0v) is 10.8. The van der Waals surface area contributed by atoms with Crippen molar-refractivity contribution in [3.8, 4) is 0 Å². The monoisotopic (exact) mass is 272 g/mol. The van der Waals surface area contributed by atoms with E-state index >= 15 is 0 Å². The number of benzene rings is 1. The van der Waals surface area contributed by atoms with E-state index in [1.165, 1.54) is 11.3 Å². The molecule has 0 aliphatic carbocycles. The van der Waals surface area contributed by atoms with Crippen LogP contribution >= 0.6 is 0 Å². The number of nitrogens with one attached hydrogen (secondary N) is 2. The van der Waals surface area contributed by atoms with Gasteiger partial charge in [0.05, 0.1) is 0 Å². The van der Waals surface area contributed by atoms with Crippen molar-refractivity contribution in [3.05, 3.63) is 29.8 Å². The summed E-state index contributed by atoms with van der Waals surface area (Å²) in [4.78, 5) is 0. The van der Waals surface area contributed by atoms with Crippen molar-refractivity contribution in [2.45, 2.75) is 31.4 Å². The van der Waals surface area contributed by atoms with Crippen LogP contribution in [0.5, 0.6) is 0 Å². The minimum absolute atomic E-state index is 0.156. The first kappa shape index (κ1) is 14.2. The molecule has 1 atom stereocenters. The Bertz CT molecular complexity index is 404. The van der Waals surface area contributed by atoms with Gasteiger partial charge in [-0.1, -0.05) is 18.2 Å². The summed E-state index contributed by atoms with van der Waals surface area (Å²) in [5.74, 6) is 0.464. The van der Waals surface area contributed by atoms with E-state index in [0.29, 0.717) is 12.5 Å². The van der Waals surface area contributed by atoms with Gasteiger partial charge in [0.2, 0.25) is 0 Å². The molecule has 0 aromatic heterocycles. The van der Waals surface area contributed by atoms with E-state index in [9.17, 15) is 13.2 Å². The van der Waals surface area contributed by atoms with Crippen LogP contribution in [-0.2, 0) is 0 Å². The van der Waals surface area contributed by atoms with E-state index in [4.69, 9.17) is 0 Å². The summed E-state index contributed by atoms with van der Waals surface area (Å²) in [6.45, 7) is 2.11. The lowest BCUT2D eigenvalue weighted by atomic mass is 9.98. The molecule has 2 N–H and O–H groups in total.